The third-order valence-corrected chi connectivity index (χ3v) is 7.78. The first-order valence-corrected chi connectivity index (χ1v) is 14.9. The molecule has 0 fully saturated rings. The molecule has 7 heteroatoms. The summed E-state index contributed by atoms with van der Waals surface area (Å²) in [5, 5.41) is 5.93. The highest BCUT2D eigenvalue weighted by atomic mass is 16.6. The first-order valence-electron chi connectivity index (χ1n) is 14.9. The van der Waals surface area contributed by atoms with Gasteiger partial charge in [0, 0.05) is 17.6 Å². The van der Waals surface area contributed by atoms with Crippen molar-refractivity contribution in [2.45, 2.75) is 98.4 Å². The van der Waals surface area contributed by atoms with Gasteiger partial charge in [-0.3, -0.25) is 9.59 Å². The van der Waals surface area contributed by atoms with Gasteiger partial charge in [0.25, 0.3) is 5.91 Å². The van der Waals surface area contributed by atoms with Crippen LogP contribution < -0.4 is 10.6 Å². The van der Waals surface area contributed by atoms with Crippen molar-refractivity contribution >= 4 is 23.6 Å². The molecule has 0 aromatic heterocycles. The van der Waals surface area contributed by atoms with Gasteiger partial charge in [0.1, 0.15) is 17.7 Å². The number of benzene rings is 3. The average Bonchev–Trinajstić information content (AvgIpc) is 2.93. The molecule has 0 aliphatic heterocycles. The summed E-state index contributed by atoms with van der Waals surface area (Å²) >= 11 is 0. The van der Waals surface area contributed by atoms with Gasteiger partial charge in [-0.25, -0.2) is 4.79 Å². The Kier molecular flexibility index (Phi) is 10.8. The van der Waals surface area contributed by atoms with Crippen LogP contribution in [0.1, 0.15) is 81.8 Å². The zero-order valence-electron chi connectivity index (χ0n) is 27.1. The fraction of sp³-hybridized carbons (Fsp3) is 0.417. The van der Waals surface area contributed by atoms with Gasteiger partial charge in [0.15, 0.2) is 0 Å². The lowest BCUT2D eigenvalue weighted by atomic mass is 9.90. The van der Waals surface area contributed by atoms with E-state index in [9.17, 15) is 14.4 Å². The van der Waals surface area contributed by atoms with E-state index in [-0.39, 0.29) is 18.2 Å². The Morgan fingerprint density at radius 3 is 2.02 bits per heavy atom. The smallest absolute Gasteiger partial charge is 0.408 e. The molecule has 3 rings (SSSR count). The highest BCUT2D eigenvalue weighted by molar-refractivity contribution is 5.99. The Balaban J connectivity index is 2.17. The molecule has 2 unspecified atom stereocenters. The van der Waals surface area contributed by atoms with E-state index in [2.05, 4.69) is 10.6 Å². The highest BCUT2D eigenvalue weighted by Crippen LogP contribution is 2.34. The monoisotopic (exact) mass is 585 g/mol. The highest BCUT2D eigenvalue weighted by Gasteiger charge is 2.43. The molecule has 0 bridgehead atoms. The fourth-order valence-corrected chi connectivity index (χ4v) is 4.88. The van der Waals surface area contributed by atoms with Crippen LogP contribution in [0.4, 0.5) is 10.5 Å². The number of alkyl carbamates (subject to hydrolysis) is 1. The summed E-state index contributed by atoms with van der Waals surface area (Å²) in [5.74, 6) is -0.701. The third-order valence-electron chi connectivity index (χ3n) is 7.78. The number of ether oxygens (including phenoxy) is 1. The van der Waals surface area contributed by atoms with E-state index in [4.69, 9.17) is 4.74 Å². The van der Waals surface area contributed by atoms with Gasteiger partial charge in [0.05, 0.1) is 0 Å². The largest absolute Gasteiger partial charge is 0.444 e. The average molecular weight is 586 g/mol. The van der Waals surface area contributed by atoms with Crippen molar-refractivity contribution in [3.8, 4) is 0 Å². The molecule has 3 amide bonds. The summed E-state index contributed by atoms with van der Waals surface area (Å²) in [6.45, 7) is 17.2. The molecule has 0 saturated carbocycles. The standard InChI is InChI=1S/C36H47N3O4/c1-10-36(8,9)39(33(41)30(23-27-17-12-11-13-18-27)38-34(42)43-35(5,6)7)31(28-21-20-24(2)26(4)22-28)32(40)37-29-19-15-14-16-25(29)3/h11-22,30-31H,10,23H2,1-9H3,(H,37,40)(H,38,42). The van der Waals surface area contributed by atoms with Crippen LogP contribution in [0.2, 0.25) is 0 Å². The van der Waals surface area contributed by atoms with Crippen molar-refractivity contribution in [3.05, 3.63) is 101 Å². The second kappa shape index (κ2) is 13.9. The number of nitrogens with one attached hydrogen (secondary N) is 2. The Morgan fingerprint density at radius 1 is 0.814 bits per heavy atom. The van der Waals surface area contributed by atoms with E-state index in [1.165, 1.54) is 0 Å². The Bertz CT molecular complexity index is 1430. The molecule has 2 atom stereocenters. The van der Waals surface area contributed by atoms with Crippen molar-refractivity contribution in [1.82, 2.24) is 10.2 Å². The minimum absolute atomic E-state index is 0.230. The number of para-hydroxylation sites is 1. The van der Waals surface area contributed by atoms with E-state index in [0.29, 0.717) is 17.7 Å². The normalized spacial score (nSPS) is 13.0. The summed E-state index contributed by atoms with van der Waals surface area (Å²) < 4.78 is 5.56. The molecule has 0 aliphatic rings. The third kappa shape index (κ3) is 8.93. The van der Waals surface area contributed by atoms with Crippen molar-refractivity contribution in [1.29, 1.82) is 0 Å². The molecule has 3 aromatic carbocycles. The molecule has 0 saturated heterocycles. The number of amides is 3. The van der Waals surface area contributed by atoms with E-state index in [1.807, 2.05) is 114 Å². The first-order chi connectivity index (χ1) is 20.1. The summed E-state index contributed by atoms with van der Waals surface area (Å²) in [7, 11) is 0. The maximum Gasteiger partial charge on any atom is 0.408 e. The van der Waals surface area contributed by atoms with E-state index in [1.54, 1.807) is 25.7 Å². The van der Waals surface area contributed by atoms with Crippen LogP contribution in [-0.4, -0.2) is 40.0 Å². The van der Waals surface area contributed by atoms with Gasteiger partial charge in [-0.2, -0.15) is 0 Å². The van der Waals surface area contributed by atoms with Crippen LogP contribution in [0.25, 0.3) is 0 Å². The first kappa shape index (κ1) is 33.4. The van der Waals surface area contributed by atoms with Crippen molar-refractivity contribution in [3.63, 3.8) is 0 Å². The summed E-state index contributed by atoms with van der Waals surface area (Å²) in [5.41, 5.74) is 3.75. The zero-order chi connectivity index (χ0) is 31.9. The van der Waals surface area contributed by atoms with Crippen LogP contribution in [0.3, 0.4) is 0 Å². The molecule has 0 aliphatic carbocycles. The molecule has 3 aromatic rings. The molecule has 7 nitrogen and oxygen atoms in total. The van der Waals surface area contributed by atoms with Crippen LogP contribution in [0, 0.1) is 20.8 Å². The van der Waals surface area contributed by atoms with E-state index in [0.717, 1.165) is 22.3 Å². The van der Waals surface area contributed by atoms with Gasteiger partial charge in [-0.05, 0) is 95.7 Å². The summed E-state index contributed by atoms with van der Waals surface area (Å²) in [6, 6.07) is 21.0. The number of hydrogen-bond donors (Lipinski definition) is 2. The predicted molar refractivity (Wildman–Crippen MR) is 173 cm³/mol. The second-order valence-corrected chi connectivity index (χ2v) is 12.8. The SMILES string of the molecule is CCC(C)(C)N(C(=O)C(Cc1ccccc1)NC(=O)OC(C)(C)C)C(C(=O)Nc1ccccc1C)c1ccc(C)c(C)c1. The number of hydrogen-bond acceptors (Lipinski definition) is 4. The van der Waals surface area contributed by atoms with Gasteiger partial charge in [-0.1, -0.05) is 73.7 Å². The molecular weight excluding hydrogens is 538 g/mol. The molecule has 0 radical (unpaired) electrons. The van der Waals surface area contributed by atoms with E-state index >= 15 is 0 Å². The minimum Gasteiger partial charge on any atom is -0.444 e. The fourth-order valence-electron chi connectivity index (χ4n) is 4.88. The molecule has 230 valence electrons. The predicted octanol–water partition coefficient (Wildman–Crippen LogP) is 7.44. The lowest BCUT2D eigenvalue weighted by Gasteiger charge is -2.44. The van der Waals surface area contributed by atoms with Gasteiger partial charge < -0.3 is 20.3 Å². The van der Waals surface area contributed by atoms with Crippen LogP contribution in [0.5, 0.6) is 0 Å². The summed E-state index contributed by atoms with van der Waals surface area (Å²) in [4.78, 5) is 43.9. The maximum atomic E-state index is 14.8. The van der Waals surface area contributed by atoms with Gasteiger partial charge >= 0.3 is 6.09 Å². The number of aryl methyl sites for hydroxylation is 3. The number of carbonyl (C=O) groups excluding carboxylic acids is 3. The molecular formula is C36H47N3O4. The summed E-state index contributed by atoms with van der Waals surface area (Å²) in [6.07, 6.45) is 0.111. The lowest BCUT2D eigenvalue weighted by molar-refractivity contribution is -0.147. The quantitative estimate of drug-likeness (QED) is 0.259. The van der Waals surface area contributed by atoms with Crippen molar-refractivity contribution in [2.24, 2.45) is 0 Å². The molecule has 2 N–H and O–H groups in total. The number of nitrogens with zero attached hydrogens (tertiary/aromatic N) is 1. The Hall–Kier alpha value is -4.13. The van der Waals surface area contributed by atoms with Crippen LogP contribution >= 0.6 is 0 Å². The van der Waals surface area contributed by atoms with Crippen LogP contribution in [-0.2, 0) is 20.7 Å². The van der Waals surface area contributed by atoms with Crippen molar-refractivity contribution < 1.29 is 19.1 Å². The number of rotatable bonds is 10. The van der Waals surface area contributed by atoms with E-state index < -0.39 is 29.3 Å². The Morgan fingerprint density at radius 2 is 1.44 bits per heavy atom. The van der Waals surface area contributed by atoms with Gasteiger partial charge in [0.2, 0.25) is 5.91 Å². The minimum atomic E-state index is -0.983. The molecule has 0 spiro atoms. The number of anilines is 1. The molecule has 0 heterocycles. The van der Waals surface area contributed by atoms with Crippen LogP contribution in [0.15, 0.2) is 72.8 Å². The topological polar surface area (TPSA) is 87.7 Å². The molecule has 43 heavy (non-hydrogen) atoms. The second-order valence-electron chi connectivity index (χ2n) is 12.8. The zero-order valence-corrected chi connectivity index (χ0v) is 27.1. The van der Waals surface area contributed by atoms with Gasteiger partial charge in [-0.15, -0.1) is 0 Å². The Labute approximate surface area is 257 Å². The number of carbonyl (C=O) groups is 3. The maximum absolute atomic E-state index is 14.8. The lowest BCUT2D eigenvalue weighted by Crippen LogP contribution is -2.59. The van der Waals surface area contributed by atoms with Crippen molar-refractivity contribution in [2.75, 3.05) is 5.32 Å².